The Morgan fingerprint density at radius 3 is 2.57 bits per heavy atom. The first-order valence-electron chi connectivity index (χ1n) is 7.34. The Balaban J connectivity index is 1.54. The molecule has 3 aromatic rings. The third-order valence-corrected chi connectivity index (χ3v) is 3.98. The number of benzene rings is 1. The van der Waals surface area contributed by atoms with Crippen molar-refractivity contribution in [1.82, 2.24) is 19.4 Å². The van der Waals surface area contributed by atoms with Gasteiger partial charge in [-0.1, -0.05) is 0 Å². The van der Waals surface area contributed by atoms with E-state index in [0.717, 1.165) is 16.9 Å². The van der Waals surface area contributed by atoms with Gasteiger partial charge in [-0.2, -0.15) is 0 Å². The molecule has 114 valence electrons. The van der Waals surface area contributed by atoms with Crippen molar-refractivity contribution in [2.24, 2.45) is 0 Å². The Kier molecular flexibility index (Phi) is 3.08. The molecule has 3 heterocycles. The number of hydrogen-bond acceptors (Lipinski definition) is 4. The quantitative estimate of drug-likeness (QED) is 0.785. The van der Waals surface area contributed by atoms with E-state index in [2.05, 4.69) is 9.97 Å². The molecule has 4 rings (SSSR count). The molecule has 2 N–H and O–H groups in total. The van der Waals surface area contributed by atoms with Crippen LogP contribution in [0.1, 0.15) is 21.6 Å². The molecule has 0 aliphatic carbocycles. The van der Waals surface area contributed by atoms with Gasteiger partial charge in [0.15, 0.2) is 0 Å². The first-order chi connectivity index (χ1) is 11.2. The number of amides is 1. The molecule has 0 spiro atoms. The van der Waals surface area contributed by atoms with E-state index in [4.69, 9.17) is 5.73 Å². The van der Waals surface area contributed by atoms with Gasteiger partial charge in [0, 0.05) is 41.9 Å². The minimum Gasteiger partial charge on any atom is -0.368 e. The summed E-state index contributed by atoms with van der Waals surface area (Å²) >= 11 is 0. The molecule has 6 nitrogen and oxygen atoms in total. The fraction of sp³-hybridized carbons (Fsp3) is 0.118. The van der Waals surface area contributed by atoms with Crippen molar-refractivity contribution in [1.29, 1.82) is 0 Å². The normalized spacial score (nSPS) is 13.1. The van der Waals surface area contributed by atoms with Crippen LogP contribution in [-0.2, 0) is 13.1 Å². The monoisotopic (exact) mass is 305 g/mol. The third-order valence-electron chi connectivity index (χ3n) is 3.98. The van der Waals surface area contributed by atoms with Crippen molar-refractivity contribution in [2.75, 3.05) is 5.73 Å². The summed E-state index contributed by atoms with van der Waals surface area (Å²) in [6, 6.07) is 11.5. The molecule has 0 fully saturated rings. The lowest BCUT2D eigenvalue weighted by Gasteiger charge is -2.15. The lowest BCUT2D eigenvalue weighted by Crippen LogP contribution is -2.25. The van der Waals surface area contributed by atoms with Crippen molar-refractivity contribution in [2.45, 2.75) is 13.1 Å². The van der Waals surface area contributed by atoms with Crippen LogP contribution < -0.4 is 5.73 Å². The summed E-state index contributed by atoms with van der Waals surface area (Å²) in [5.41, 5.74) is 9.07. The summed E-state index contributed by atoms with van der Waals surface area (Å²) in [5.74, 6) is 0.231. The van der Waals surface area contributed by atoms with E-state index in [1.54, 1.807) is 11.1 Å². The molecular formula is C17H15N5O. The number of nitrogen functional groups attached to an aromatic ring is 1. The third kappa shape index (κ3) is 2.44. The predicted octanol–water partition coefficient (Wildman–Crippen LogP) is 2.01. The van der Waals surface area contributed by atoms with Gasteiger partial charge in [-0.05, 0) is 36.4 Å². The van der Waals surface area contributed by atoms with Crippen molar-refractivity contribution in [3.05, 3.63) is 71.8 Å². The molecule has 1 aliphatic heterocycles. The summed E-state index contributed by atoms with van der Waals surface area (Å²) < 4.78 is 2.00. The van der Waals surface area contributed by atoms with Crippen LogP contribution in [0, 0.1) is 0 Å². The van der Waals surface area contributed by atoms with E-state index >= 15 is 0 Å². The molecule has 0 saturated carbocycles. The van der Waals surface area contributed by atoms with Gasteiger partial charge in [0.25, 0.3) is 5.91 Å². The van der Waals surface area contributed by atoms with Gasteiger partial charge in [0.1, 0.15) is 0 Å². The van der Waals surface area contributed by atoms with Gasteiger partial charge >= 0.3 is 0 Å². The minimum absolute atomic E-state index is 0.0133. The van der Waals surface area contributed by atoms with Crippen LogP contribution in [-0.4, -0.2) is 25.3 Å². The van der Waals surface area contributed by atoms with Gasteiger partial charge < -0.3 is 15.2 Å². The maximum Gasteiger partial charge on any atom is 0.254 e. The van der Waals surface area contributed by atoms with Crippen LogP contribution in [0.25, 0.3) is 5.69 Å². The Labute approximate surface area is 133 Å². The zero-order valence-electron chi connectivity index (χ0n) is 12.4. The second-order valence-electron chi connectivity index (χ2n) is 5.50. The van der Waals surface area contributed by atoms with Gasteiger partial charge in [-0.15, -0.1) is 0 Å². The first kappa shape index (κ1) is 13.5. The van der Waals surface area contributed by atoms with Crippen molar-refractivity contribution < 1.29 is 4.79 Å². The molecule has 0 saturated heterocycles. The predicted molar refractivity (Wildman–Crippen MR) is 85.8 cm³/mol. The number of nitrogens with zero attached hydrogens (tertiary/aromatic N) is 4. The molecule has 0 atom stereocenters. The Hall–Kier alpha value is -3.15. The highest BCUT2D eigenvalue weighted by Crippen LogP contribution is 2.23. The zero-order valence-corrected chi connectivity index (χ0v) is 12.4. The van der Waals surface area contributed by atoms with Gasteiger partial charge in [0.05, 0.1) is 12.2 Å². The average molecular weight is 305 g/mol. The number of hydrogen-bond donors (Lipinski definition) is 1. The van der Waals surface area contributed by atoms with Crippen LogP contribution in [0.15, 0.2) is 55.0 Å². The molecule has 6 heteroatoms. The zero-order chi connectivity index (χ0) is 15.8. The largest absolute Gasteiger partial charge is 0.368 e. The van der Waals surface area contributed by atoms with Gasteiger partial charge in [-0.25, -0.2) is 9.97 Å². The molecule has 0 bridgehead atoms. The molecule has 1 aromatic carbocycles. The van der Waals surface area contributed by atoms with Gasteiger partial charge in [0.2, 0.25) is 5.95 Å². The number of fused-ring (bicyclic) bond motifs is 1. The summed E-state index contributed by atoms with van der Waals surface area (Å²) in [5, 5.41) is 0. The van der Waals surface area contributed by atoms with Crippen LogP contribution in [0.2, 0.25) is 0 Å². The van der Waals surface area contributed by atoms with Crippen LogP contribution in [0.4, 0.5) is 5.95 Å². The van der Waals surface area contributed by atoms with Crippen LogP contribution in [0.5, 0.6) is 0 Å². The van der Waals surface area contributed by atoms with Crippen LogP contribution in [0.3, 0.4) is 0 Å². The SMILES string of the molecule is Nc1ncc2c(n1)CN(C(=O)c1ccc(-n3cccc3)cc1)C2. The summed E-state index contributed by atoms with van der Waals surface area (Å²) in [7, 11) is 0. The Morgan fingerprint density at radius 2 is 1.83 bits per heavy atom. The summed E-state index contributed by atoms with van der Waals surface area (Å²) in [6.07, 6.45) is 5.63. The maximum absolute atomic E-state index is 12.6. The van der Waals surface area contributed by atoms with Crippen molar-refractivity contribution in [3.63, 3.8) is 0 Å². The van der Waals surface area contributed by atoms with E-state index in [0.29, 0.717) is 18.7 Å². The molecule has 1 amide bonds. The average Bonchev–Trinajstić information content (AvgIpc) is 3.23. The summed E-state index contributed by atoms with van der Waals surface area (Å²) in [4.78, 5) is 22.6. The first-order valence-corrected chi connectivity index (χ1v) is 7.34. The number of carbonyl (C=O) groups is 1. The smallest absolute Gasteiger partial charge is 0.254 e. The van der Waals surface area contributed by atoms with Crippen LogP contribution >= 0.6 is 0 Å². The fourth-order valence-electron chi connectivity index (χ4n) is 2.78. The lowest BCUT2D eigenvalue weighted by atomic mass is 10.2. The molecule has 2 aromatic heterocycles. The van der Waals surface area contributed by atoms with Gasteiger partial charge in [-0.3, -0.25) is 4.79 Å². The standard InChI is InChI=1S/C17H15N5O/c18-17-19-9-13-10-22(11-15(13)20-17)16(23)12-3-5-14(6-4-12)21-7-1-2-8-21/h1-9H,10-11H2,(H2,18,19,20). The fourth-order valence-corrected chi connectivity index (χ4v) is 2.78. The Morgan fingerprint density at radius 1 is 1.09 bits per heavy atom. The highest BCUT2D eigenvalue weighted by Gasteiger charge is 2.25. The molecule has 0 unspecified atom stereocenters. The number of carbonyl (C=O) groups excluding carboxylic acids is 1. The van der Waals surface area contributed by atoms with Crippen molar-refractivity contribution in [3.8, 4) is 5.69 Å². The van der Waals surface area contributed by atoms with E-state index < -0.39 is 0 Å². The number of nitrogens with two attached hydrogens (primary N) is 1. The number of aromatic nitrogens is 3. The molecule has 1 aliphatic rings. The topological polar surface area (TPSA) is 77.0 Å². The molecule has 0 radical (unpaired) electrons. The molecular weight excluding hydrogens is 290 g/mol. The van der Waals surface area contributed by atoms with E-state index in [1.165, 1.54) is 0 Å². The highest BCUT2D eigenvalue weighted by atomic mass is 16.2. The maximum atomic E-state index is 12.6. The summed E-state index contributed by atoms with van der Waals surface area (Å²) in [6.45, 7) is 0.994. The van der Waals surface area contributed by atoms with E-state index in [1.807, 2.05) is 53.4 Å². The second kappa shape index (κ2) is 5.24. The van der Waals surface area contributed by atoms with E-state index in [9.17, 15) is 4.79 Å². The second-order valence-corrected chi connectivity index (χ2v) is 5.50. The number of anilines is 1. The molecule has 23 heavy (non-hydrogen) atoms. The lowest BCUT2D eigenvalue weighted by molar-refractivity contribution is 0.0750. The highest BCUT2D eigenvalue weighted by molar-refractivity contribution is 5.94. The van der Waals surface area contributed by atoms with Crippen molar-refractivity contribution >= 4 is 11.9 Å². The Bertz CT molecular complexity index is 855. The minimum atomic E-state index is -0.0133. The van der Waals surface area contributed by atoms with E-state index in [-0.39, 0.29) is 11.9 Å². The number of rotatable bonds is 2.